The third kappa shape index (κ3) is 4.41. The molecule has 6 rings (SSSR count). The second-order valence-corrected chi connectivity index (χ2v) is 12.1. The number of fused-ring (bicyclic) bond motifs is 1. The van der Waals surface area contributed by atoms with Crippen molar-refractivity contribution in [2.24, 2.45) is 0 Å². The minimum absolute atomic E-state index is 0.00201. The fourth-order valence-electron chi connectivity index (χ4n) is 5.24. The molecule has 4 heterocycles. The number of nitrogens with zero attached hydrogens (tertiary/aromatic N) is 6. The normalized spacial score (nSPS) is 19.8. The van der Waals surface area contributed by atoms with Crippen LogP contribution < -0.4 is 10.2 Å². The van der Waals surface area contributed by atoms with E-state index in [1.54, 1.807) is 48.1 Å². The maximum atomic E-state index is 14.2. The zero-order valence-electron chi connectivity index (χ0n) is 21.2. The van der Waals surface area contributed by atoms with Crippen molar-refractivity contribution < 1.29 is 13.2 Å². The van der Waals surface area contributed by atoms with Crippen LogP contribution in [0.2, 0.25) is 5.02 Å². The third-order valence-electron chi connectivity index (χ3n) is 7.21. The topological polar surface area (TPSA) is 113 Å². The summed E-state index contributed by atoms with van der Waals surface area (Å²) in [6.07, 6.45) is 6.55. The number of carbonyl (C=O) groups is 1. The Labute approximate surface area is 231 Å². The maximum Gasteiger partial charge on any atom is 0.260 e. The molecule has 39 heavy (non-hydrogen) atoms. The van der Waals surface area contributed by atoms with E-state index in [0.717, 1.165) is 16.7 Å². The van der Waals surface area contributed by atoms with Gasteiger partial charge in [-0.05, 0) is 36.2 Å². The summed E-state index contributed by atoms with van der Waals surface area (Å²) >= 11 is 6.26. The van der Waals surface area contributed by atoms with Crippen LogP contribution in [0.4, 0.5) is 11.6 Å². The molecule has 0 bridgehead atoms. The van der Waals surface area contributed by atoms with Gasteiger partial charge in [-0.15, -0.1) is 0 Å². The van der Waals surface area contributed by atoms with Crippen molar-refractivity contribution in [2.75, 3.05) is 31.1 Å². The standard InChI is InChI=1S/C27H26ClN7O3S/c1-27(14-19-5-7-20(8-6-19)21-15-30-18-31-16-21)25(36)34(23-4-2-3-22(28)13-23)26-32-17-24(35(26)27)39(37,38)33-11-9-29-10-12-33/h2-8,13,15-18,29H,9-12,14H2,1H3/t27-/m1/s1. The Morgan fingerprint density at radius 1 is 1.00 bits per heavy atom. The van der Waals surface area contributed by atoms with E-state index in [4.69, 9.17) is 11.6 Å². The van der Waals surface area contributed by atoms with Gasteiger partial charge in [-0.2, -0.15) is 4.31 Å². The number of hydrogen-bond acceptors (Lipinski definition) is 7. The number of carbonyl (C=O) groups excluding carboxylic acids is 1. The number of sulfonamides is 1. The van der Waals surface area contributed by atoms with Crippen molar-refractivity contribution >= 4 is 39.2 Å². The summed E-state index contributed by atoms with van der Waals surface area (Å²) in [6, 6.07) is 14.7. The minimum atomic E-state index is -3.91. The van der Waals surface area contributed by atoms with Crippen molar-refractivity contribution in [3.8, 4) is 11.1 Å². The number of amides is 1. The Hall–Kier alpha value is -3.64. The molecule has 0 saturated carbocycles. The maximum absolute atomic E-state index is 14.2. The molecule has 0 unspecified atom stereocenters. The van der Waals surface area contributed by atoms with Crippen LogP contribution in [0, 0.1) is 0 Å². The van der Waals surface area contributed by atoms with Gasteiger partial charge in [0.05, 0.1) is 11.9 Å². The molecule has 200 valence electrons. The molecule has 2 aliphatic heterocycles. The highest BCUT2D eigenvalue weighted by atomic mass is 35.5. The van der Waals surface area contributed by atoms with Crippen LogP contribution in [0.15, 0.2) is 78.5 Å². The van der Waals surface area contributed by atoms with Crippen LogP contribution in [0.1, 0.15) is 12.5 Å². The zero-order valence-corrected chi connectivity index (χ0v) is 22.7. The lowest BCUT2D eigenvalue weighted by molar-refractivity contribution is -0.124. The van der Waals surface area contributed by atoms with E-state index in [1.807, 2.05) is 24.3 Å². The Bertz CT molecular complexity index is 1640. The van der Waals surface area contributed by atoms with Crippen LogP contribution in [0.3, 0.4) is 0 Å². The van der Waals surface area contributed by atoms with Crippen LogP contribution in [0.25, 0.3) is 11.1 Å². The first-order valence-corrected chi connectivity index (χ1v) is 14.3. The first kappa shape index (κ1) is 25.6. The third-order valence-corrected chi connectivity index (χ3v) is 9.31. The van der Waals surface area contributed by atoms with Crippen molar-refractivity contribution in [3.05, 3.63) is 84.0 Å². The lowest BCUT2D eigenvalue weighted by Crippen LogP contribution is -2.48. The second kappa shape index (κ2) is 9.83. The summed E-state index contributed by atoms with van der Waals surface area (Å²) in [6.45, 7) is 3.57. The number of benzene rings is 2. The smallest absolute Gasteiger partial charge is 0.260 e. The molecule has 2 aromatic heterocycles. The van der Waals surface area contributed by atoms with E-state index in [2.05, 4.69) is 20.3 Å². The summed E-state index contributed by atoms with van der Waals surface area (Å²) in [5.41, 5.74) is 1.94. The zero-order chi connectivity index (χ0) is 27.2. The molecule has 0 radical (unpaired) electrons. The van der Waals surface area contributed by atoms with Gasteiger partial charge in [-0.25, -0.2) is 28.3 Å². The first-order chi connectivity index (χ1) is 18.8. The molecule has 2 aliphatic rings. The predicted molar refractivity (Wildman–Crippen MR) is 147 cm³/mol. The van der Waals surface area contributed by atoms with Crippen LogP contribution in [-0.4, -0.2) is 64.3 Å². The number of piperazine rings is 1. The second-order valence-electron chi connectivity index (χ2n) is 9.78. The van der Waals surface area contributed by atoms with Crippen molar-refractivity contribution in [1.82, 2.24) is 29.1 Å². The van der Waals surface area contributed by atoms with Gasteiger partial charge in [-0.3, -0.25) is 9.36 Å². The largest absolute Gasteiger partial charge is 0.314 e. The number of aromatic nitrogens is 4. The summed E-state index contributed by atoms with van der Waals surface area (Å²) in [4.78, 5) is 28.3. The van der Waals surface area contributed by atoms with Gasteiger partial charge in [0.2, 0.25) is 5.95 Å². The van der Waals surface area contributed by atoms with Crippen LogP contribution >= 0.6 is 11.6 Å². The number of rotatable bonds is 6. The minimum Gasteiger partial charge on any atom is -0.314 e. The van der Waals surface area contributed by atoms with E-state index < -0.39 is 15.6 Å². The van der Waals surface area contributed by atoms with E-state index in [9.17, 15) is 13.2 Å². The number of anilines is 2. The Morgan fingerprint density at radius 2 is 1.72 bits per heavy atom. The van der Waals surface area contributed by atoms with Gasteiger partial charge >= 0.3 is 0 Å². The van der Waals surface area contributed by atoms with Crippen LogP contribution in [0.5, 0.6) is 0 Å². The molecular formula is C27H26ClN7O3S. The molecule has 1 saturated heterocycles. The Kier molecular flexibility index (Phi) is 6.46. The quantitative estimate of drug-likeness (QED) is 0.383. The summed E-state index contributed by atoms with van der Waals surface area (Å²) < 4.78 is 30.7. The van der Waals surface area contributed by atoms with E-state index in [0.29, 0.717) is 36.9 Å². The molecule has 0 spiro atoms. The highest BCUT2D eigenvalue weighted by Gasteiger charge is 2.52. The lowest BCUT2D eigenvalue weighted by atomic mass is 9.91. The number of halogens is 1. The van der Waals surface area contributed by atoms with Gasteiger partial charge in [0, 0.05) is 55.6 Å². The molecule has 0 aliphatic carbocycles. The molecule has 2 aromatic carbocycles. The number of imidazole rings is 1. The number of nitrogens with one attached hydrogen (secondary N) is 1. The van der Waals surface area contributed by atoms with E-state index in [-0.39, 0.29) is 23.3 Å². The lowest BCUT2D eigenvalue weighted by Gasteiger charge is -2.30. The first-order valence-electron chi connectivity index (χ1n) is 12.5. The van der Waals surface area contributed by atoms with Gasteiger partial charge < -0.3 is 5.32 Å². The molecule has 1 fully saturated rings. The fraction of sp³-hybridized carbons (Fsp3) is 0.259. The van der Waals surface area contributed by atoms with Gasteiger partial charge in [0.25, 0.3) is 15.9 Å². The summed E-state index contributed by atoms with van der Waals surface area (Å²) in [5.74, 6) is -0.0401. The molecule has 12 heteroatoms. The molecule has 1 amide bonds. The highest BCUT2D eigenvalue weighted by molar-refractivity contribution is 7.89. The molecule has 4 aromatic rings. The van der Waals surface area contributed by atoms with E-state index in [1.165, 1.54) is 21.7 Å². The Balaban J connectivity index is 1.44. The molecule has 1 N–H and O–H groups in total. The van der Waals surface area contributed by atoms with Gasteiger partial charge in [0.1, 0.15) is 11.9 Å². The average Bonchev–Trinajstić information content (AvgIpc) is 3.48. The van der Waals surface area contributed by atoms with Gasteiger partial charge in [0.15, 0.2) is 5.03 Å². The fourth-order valence-corrected chi connectivity index (χ4v) is 7.05. The number of hydrogen-bond donors (Lipinski definition) is 1. The SMILES string of the molecule is C[C@@]1(Cc2ccc(-c3cncnc3)cc2)C(=O)N(c2cccc(Cl)c2)c2ncc(S(=O)(=O)N3CCNCC3)n21. The predicted octanol–water partition coefficient (Wildman–Crippen LogP) is 3.22. The summed E-state index contributed by atoms with van der Waals surface area (Å²) in [7, 11) is -3.91. The molecule has 10 nitrogen and oxygen atoms in total. The monoisotopic (exact) mass is 563 g/mol. The molecule has 1 atom stereocenters. The van der Waals surface area contributed by atoms with Crippen molar-refractivity contribution in [1.29, 1.82) is 0 Å². The van der Waals surface area contributed by atoms with E-state index >= 15 is 0 Å². The van der Waals surface area contributed by atoms with Crippen molar-refractivity contribution in [3.63, 3.8) is 0 Å². The Morgan fingerprint density at radius 3 is 2.41 bits per heavy atom. The van der Waals surface area contributed by atoms with Crippen LogP contribution in [-0.2, 0) is 26.8 Å². The van der Waals surface area contributed by atoms with Gasteiger partial charge in [-0.1, -0.05) is 41.9 Å². The molecular weight excluding hydrogens is 538 g/mol. The highest BCUT2D eigenvalue weighted by Crippen LogP contribution is 2.44. The average molecular weight is 564 g/mol. The summed E-state index contributed by atoms with van der Waals surface area (Å²) in [5, 5.41) is 3.64. The van der Waals surface area contributed by atoms with Crippen molar-refractivity contribution in [2.45, 2.75) is 23.9 Å².